The van der Waals surface area contributed by atoms with Crippen LogP contribution in [0.1, 0.15) is 16.9 Å². The molecule has 2 heterocycles. The van der Waals surface area contributed by atoms with E-state index in [1.54, 1.807) is 12.5 Å². The predicted molar refractivity (Wildman–Crippen MR) is 66.0 cm³/mol. The van der Waals surface area contributed by atoms with E-state index in [2.05, 4.69) is 23.0 Å². The van der Waals surface area contributed by atoms with Crippen LogP contribution >= 0.6 is 0 Å². The van der Waals surface area contributed by atoms with Crippen LogP contribution in [-0.4, -0.2) is 16.9 Å². The predicted octanol–water partition coefficient (Wildman–Crippen LogP) is 1.77. The van der Waals surface area contributed by atoms with E-state index in [0.717, 1.165) is 24.4 Å². The van der Waals surface area contributed by atoms with Gasteiger partial charge in [-0.05, 0) is 24.7 Å². The summed E-state index contributed by atoms with van der Waals surface area (Å²) in [6.07, 6.45) is 5.36. The fourth-order valence-electron chi connectivity index (χ4n) is 1.84. The van der Waals surface area contributed by atoms with Gasteiger partial charge in [-0.1, -0.05) is 6.07 Å². The Bertz CT molecular complexity index is 453. The second kappa shape index (κ2) is 5.61. The molecule has 90 valence electrons. The standard InChI is InChI=1S/C13H17N3O/c1-16(9-11-3-2-5-15-8-11)10-12-4-6-17-13(12)7-14/h2-6,8H,7,9-10,14H2,1H3. The van der Waals surface area contributed by atoms with Crippen LogP contribution in [0, 0.1) is 0 Å². The minimum absolute atomic E-state index is 0.447. The molecule has 0 aliphatic carbocycles. The summed E-state index contributed by atoms with van der Waals surface area (Å²) >= 11 is 0. The first-order valence-corrected chi connectivity index (χ1v) is 5.62. The van der Waals surface area contributed by atoms with E-state index in [1.165, 1.54) is 5.56 Å². The van der Waals surface area contributed by atoms with Crippen molar-refractivity contribution in [1.29, 1.82) is 0 Å². The van der Waals surface area contributed by atoms with Gasteiger partial charge in [-0.3, -0.25) is 9.88 Å². The van der Waals surface area contributed by atoms with Gasteiger partial charge in [0.25, 0.3) is 0 Å². The molecule has 0 bridgehead atoms. The van der Waals surface area contributed by atoms with Crippen molar-refractivity contribution in [2.45, 2.75) is 19.6 Å². The summed E-state index contributed by atoms with van der Waals surface area (Å²) in [4.78, 5) is 6.31. The Morgan fingerprint density at radius 3 is 2.94 bits per heavy atom. The molecule has 0 amide bonds. The number of nitrogens with zero attached hydrogens (tertiary/aromatic N) is 2. The summed E-state index contributed by atoms with van der Waals surface area (Å²) in [6, 6.07) is 6.00. The van der Waals surface area contributed by atoms with Crippen molar-refractivity contribution >= 4 is 0 Å². The maximum absolute atomic E-state index is 5.60. The highest BCUT2D eigenvalue weighted by Crippen LogP contribution is 2.13. The molecule has 0 saturated carbocycles. The minimum Gasteiger partial charge on any atom is -0.468 e. The van der Waals surface area contributed by atoms with Crippen LogP contribution in [0.25, 0.3) is 0 Å². The number of hydrogen-bond acceptors (Lipinski definition) is 4. The van der Waals surface area contributed by atoms with E-state index in [9.17, 15) is 0 Å². The van der Waals surface area contributed by atoms with Gasteiger partial charge >= 0.3 is 0 Å². The van der Waals surface area contributed by atoms with Crippen molar-refractivity contribution in [3.8, 4) is 0 Å². The van der Waals surface area contributed by atoms with E-state index in [0.29, 0.717) is 6.54 Å². The molecule has 0 saturated heterocycles. The first-order valence-electron chi connectivity index (χ1n) is 5.62. The molecule has 2 rings (SSSR count). The SMILES string of the molecule is CN(Cc1cccnc1)Cc1ccoc1CN. The number of nitrogens with two attached hydrogens (primary N) is 1. The minimum atomic E-state index is 0.447. The van der Waals surface area contributed by atoms with Gasteiger partial charge < -0.3 is 10.2 Å². The molecule has 0 aromatic carbocycles. The lowest BCUT2D eigenvalue weighted by molar-refractivity contribution is 0.315. The smallest absolute Gasteiger partial charge is 0.121 e. The van der Waals surface area contributed by atoms with Gasteiger partial charge in [0.15, 0.2) is 0 Å². The van der Waals surface area contributed by atoms with E-state index < -0.39 is 0 Å². The molecule has 0 atom stereocenters. The van der Waals surface area contributed by atoms with Crippen LogP contribution in [0.3, 0.4) is 0 Å². The first kappa shape index (κ1) is 11.8. The molecule has 4 nitrogen and oxygen atoms in total. The summed E-state index contributed by atoms with van der Waals surface area (Å²) < 4.78 is 5.30. The average Bonchev–Trinajstić information content (AvgIpc) is 2.77. The lowest BCUT2D eigenvalue weighted by Crippen LogP contribution is -2.18. The summed E-state index contributed by atoms with van der Waals surface area (Å²) in [5.74, 6) is 0.864. The molecule has 4 heteroatoms. The molecule has 17 heavy (non-hydrogen) atoms. The molecular weight excluding hydrogens is 214 g/mol. The normalized spacial score (nSPS) is 11.0. The molecule has 0 radical (unpaired) electrons. The second-order valence-electron chi connectivity index (χ2n) is 4.11. The van der Waals surface area contributed by atoms with Gasteiger partial charge in [0, 0.05) is 31.0 Å². The van der Waals surface area contributed by atoms with E-state index in [4.69, 9.17) is 10.2 Å². The Morgan fingerprint density at radius 1 is 1.35 bits per heavy atom. The lowest BCUT2D eigenvalue weighted by Gasteiger charge is -2.16. The van der Waals surface area contributed by atoms with E-state index in [1.807, 2.05) is 18.3 Å². The highest BCUT2D eigenvalue weighted by molar-refractivity contribution is 5.17. The number of rotatable bonds is 5. The Morgan fingerprint density at radius 2 is 2.24 bits per heavy atom. The fourth-order valence-corrected chi connectivity index (χ4v) is 1.84. The third-order valence-electron chi connectivity index (χ3n) is 2.64. The van der Waals surface area contributed by atoms with E-state index >= 15 is 0 Å². The Labute approximate surface area is 101 Å². The monoisotopic (exact) mass is 231 g/mol. The highest BCUT2D eigenvalue weighted by atomic mass is 16.3. The maximum atomic E-state index is 5.60. The van der Waals surface area contributed by atoms with Crippen molar-refractivity contribution in [2.24, 2.45) is 5.73 Å². The van der Waals surface area contributed by atoms with Crippen molar-refractivity contribution in [1.82, 2.24) is 9.88 Å². The van der Waals surface area contributed by atoms with Crippen molar-refractivity contribution in [2.75, 3.05) is 7.05 Å². The molecule has 0 fully saturated rings. The Kier molecular flexibility index (Phi) is 3.90. The quantitative estimate of drug-likeness (QED) is 0.852. The first-order chi connectivity index (χ1) is 8.29. The van der Waals surface area contributed by atoms with Crippen molar-refractivity contribution in [3.05, 3.63) is 53.7 Å². The third-order valence-corrected chi connectivity index (χ3v) is 2.64. The number of aromatic nitrogens is 1. The number of hydrogen-bond donors (Lipinski definition) is 1. The van der Waals surface area contributed by atoms with Gasteiger partial charge in [-0.15, -0.1) is 0 Å². The Hall–Kier alpha value is -1.65. The zero-order valence-electron chi connectivity index (χ0n) is 9.97. The summed E-state index contributed by atoms with van der Waals surface area (Å²) in [7, 11) is 2.07. The van der Waals surface area contributed by atoms with Crippen LogP contribution in [0.15, 0.2) is 41.3 Å². The fraction of sp³-hybridized carbons (Fsp3) is 0.308. The van der Waals surface area contributed by atoms with Crippen molar-refractivity contribution < 1.29 is 4.42 Å². The molecule has 0 spiro atoms. The molecule has 2 aromatic heterocycles. The molecule has 0 aliphatic heterocycles. The highest BCUT2D eigenvalue weighted by Gasteiger charge is 2.07. The van der Waals surface area contributed by atoms with Crippen molar-refractivity contribution in [3.63, 3.8) is 0 Å². The molecule has 2 aromatic rings. The maximum Gasteiger partial charge on any atom is 0.121 e. The van der Waals surface area contributed by atoms with Gasteiger partial charge in [-0.25, -0.2) is 0 Å². The van der Waals surface area contributed by atoms with Gasteiger partial charge in [0.2, 0.25) is 0 Å². The summed E-state index contributed by atoms with van der Waals surface area (Å²) in [6.45, 7) is 2.14. The topological polar surface area (TPSA) is 55.3 Å². The molecule has 2 N–H and O–H groups in total. The van der Waals surface area contributed by atoms with Gasteiger partial charge in [0.05, 0.1) is 12.8 Å². The van der Waals surface area contributed by atoms with Crippen LogP contribution in [0.2, 0.25) is 0 Å². The largest absolute Gasteiger partial charge is 0.468 e. The summed E-state index contributed by atoms with van der Waals surface area (Å²) in [5, 5.41) is 0. The number of pyridine rings is 1. The van der Waals surface area contributed by atoms with Gasteiger partial charge in [0.1, 0.15) is 5.76 Å². The average molecular weight is 231 g/mol. The Balaban J connectivity index is 1.96. The van der Waals surface area contributed by atoms with Gasteiger partial charge in [-0.2, -0.15) is 0 Å². The lowest BCUT2D eigenvalue weighted by atomic mass is 10.2. The van der Waals surface area contributed by atoms with Crippen LogP contribution < -0.4 is 5.73 Å². The zero-order chi connectivity index (χ0) is 12.1. The second-order valence-corrected chi connectivity index (χ2v) is 4.11. The van der Waals surface area contributed by atoms with Crippen LogP contribution in [0.5, 0.6) is 0 Å². The third kappa shape index (κ3) is 3.15. The molecule has 0 aliphatic rings. The molecule has 0 unspecified atom stereocenters. The van der Waals surface area contributed by atoms with Crippen LogP contribution in [0.4, 0.5) is 0 Å². The van der Waals surface area contributed by atoms with E-state index in [-0.39, 0.29) is 0 Å². The molecular formula is C13H17N3O. The zero-order valence-corrected chi connectivity index (χ0v) is 9.97. The number of furan rings is 1. The summed E-state index contributed by atoms with van der Waals surface area (Å²) in [5.41, 5.74) is 7.95. The van der Waals surface area contributed by atoms with Crippen LogP contribution in [-0.2, 0) is 19.6 Å².